The molecule has 22 aromatic rings. The third-order valence-electron chi connectivity index (χ3n) is 24.0. The van der Waals surface area contributed by atoms with Crippen molar-refractivity contribution >= 4 is 149 Å². The fourth-order valence-corrected chi connectivity index (χ4v) is 19.3. The Labute approximate surface area is 929 Å². The van der Waals surface area contributed by atoms with Crippen molar-refractivity contribution in [3.63, 3.8) is 0 Å². The Kier molecular flexibility index (Phi) is 37.1. The number of aromatic hydroxyl groups is 2. The van der Waals surface area contributed by atoms with E-state index in [1.54, 1.807) is 36.4 Å². The maximum absolute atomic E-state index is 12.6. The summed E-state index contributed by atoms with van der Waals surface area (Å²) >= 11 is 34.6. The average Bonchev–Trinajstić information content (AvgIpc) is 1.59. The number of ether oxygens (including phenoxy) is 1. The van der Waals surface area contributed by atoms with E-state index in [4.69, 9.17) is 84.7 Å². The first-order valence-electron chi connectivity index (χ1n) is 48.1. The van der Waals surface area contributed by atoms with Crippen molar-refractivity contribution in [2.45, 2.75) is 38.9 Å². The summed E-state index contributed by atoms with van der Waals surface area (Å²) in [5, 5.41) is 22.3. The zero-order chi connectivity index (χ0) is 106. The molecule has 1 aliphatic heterocycles. The highest BCUT2D eigenvalue weighted by molar-refractivity contribution is 9.11. The van der Waals surface area contributed by atoms with Crippen molar-refractivity contribution in [3.05, 3.63) is 516 Å². The van der Waals surface area contributed by atoms with Gasteiger partial charge in [-0.15, -0.1) is 0 Å². The van der Waals surface area contributed by atoms with E-state index < -0.39 is 31.3 Å². The third-order valence-corrected chi connectivity index (χ3v) is 27.6. The molecule has 1 aliphatic rings. The van der Waals surface area contributed by atoms with Gasteiger partial charge in [0.1, 0.15) is 22.8 Å². The van der Waals surface area contributed by atoms with E-state index in [1.807, 2.05) is 328 Å². The number of benzene rings is 19. The normalized spacial score (nSPS) is 11.9. The maximum atomic E-state index is 12.6. The van der Waals surface area contributed by atoms with E-state index in [0.717, 1.165) is 151 Å². The van der Waals surface area contributed by atoms with Crippen LogP contribution in [0.3, 0.4) is 0 Å². The van der Waals surface area contributed by atoms with Gasteiger partial charge in [-0.25, -0.2) is 34.3 Å². The molecule has 1 fully saturated rings. The summed E-state index contributed by atoms with van der Waals surface area (Å²) in [4.78, 5) is 28.5. The van der Waals surface area contributed by atoms with Crippen LogP contribution in [0.5, 0.6) is 23.0 Å². The number of halogens is 10. The monoisotopic (exact) mass is 2350 g/mol. The highest BCUT2D eigenvalue weighted by atomic mass is 79.9. The first-order chi connectivity index (χ1) is 73.3. The lowest BCUT2D eigenvalue weighted by atomic mass is 9.78. The maximum Gasteiger partial charge on any atom is 0.494 e. The van der Waals surface area contributed by atoms with Crippen LogP contribution in [0.2, 0.25) is 15.1 Å². The van der Waals surface area contributed by atoms with E-state index in [9.17, 15) is 13.9 Å². The van der Waals surface area contributed by atoms with Crippen molar-refractivity contribution in [2.24, 2.45) is 0 Å². The third kappa shape index (κ3) is 28.6. The lowest BCUT2D eigenvalue weighted by molar-refractivity contribution is 0.00578. The molecule has 0 saturated carbocycles. The molecular formula is C127H95BBr5Cl3F2N6O6. The number of rotatable bonds is 15. The smallest absolute Gasteiger partial charge is 0.494 e. The first-order valence-corrected chi connectivity index (χ1v) is 52.5. The number of hydrogen-bond donors (Lipinski definition) is 2. The van der Waals surface area contributed by atoms with Gasteiger partial charge in [-0.1, -0.05) is 447 Å². The van der Waals surface area contributed by atoms with Crippen LogP contribution in [-0.2, 0) is 9.31 Å². The Morgan fingerprint density at radius 1 is 0.300 bits per heavy atom. The molecule has 0 bridgehead atoms. The van der Waals surface area contributed by atoms with Crippen LogP contribution in [0.15, 0.2) is 500 Å². The zero-order valence-electron chi connectivity index (χ0n) is 82.3. The number of hydrogen-bond acceptors (Lipinski definition) is 12. The Morgan fingerprint density at radius 3 is 0.987 bits per heavy atom. The number of phenolic OH excluding ortho intramolecular Hbond substituents is 2. The summed E-state index contributed by atoms with van der Waals surface area (Å²) < 4.78 is 56.9. The molecular weight excluding hydrogens is 2260 g/mol. The fourth-order valence-electron chi connectivity index (χ4n) is 16.0. The van der Waals surface area contributed by atoms with Gasteiger partial charge < -0.3 is 28.7 Å². The predicted octanol–water partition coefficient (Wildman–Crippen LogP) is 38.1. The molecule has 3 aromatic heterocycles. The van der Waals surface area contributed by atoms with Crippen LogP contribution in [0.25, 0.3) is 157 Å². The molecule has 0 aliphatic carbocycles. The Morgan fingerprint density at radius 2 is 0.613 bits per heavy atom. The minimum atomic E-state index is -1.00. The van der Waals surface area contributed by atoms with Gasteiger partial charge in [0.05, 0.1) is 43.7 Å². The number of furan rings is 1. The number of aromatic nitrogens is 6. The Balaban J connectivity index is 0.000000129. The largest absolute Gasteiger partial charge is 0.508 e. The van der Waals surface area contributed by atoms with Gasteiger partial charge in [0, 0.05) is 57.6 Å². The van der Waals surface area contributed by atoms with Gasteiger partial charge in [0.2, 0.25) is 0 Å². The highest BCUT2D eigenvalue weighted by Gasteiger charge is 2.52. The van der Waals surface area contributed by atoms with Crippen molar-refractivity contribution in [2.75, 3.05) is 7.15 Å². The molecule has 150 heavy (non-hydrogen) atoms. The summed E-state index contributed by atoms with van der Waals surface area (Å²) in [5.74, 6) is 5.40. The number of para-hydroxylation sites is 2. The van der Waals surface area contributed by atoms with E-state index >= 15 is 0 Å². The van der Waals surface area contributed by atoms with Crippen LogP contribution in [0.4, 0.5) is 8.78 Å². The number of fused-ring (bicyclic) bond motifs is 3. The molecule has 0 amide bonds. The van der Waals surface area contributed by atoms with E-state index in [0.29, 0.717) is 61.0 Å². The van der Waals surface area contributed by atoms with Gasteiger partial charge in [0.25, 0.3) is 0 Å². The van der Waals surface area contributed by atoms with Crippen LogP contribution in [-0.4, -0.2) is 65.6 Å². The molecule has 742 valence electrons. The standard InChI is InChI=1S/C27H26BN3O2.C24H16BrClO.C24H15ClO.C21H14BrN3.C18H14O.C6H4Br2O.C6H3BrClF.CH3F/c1-26(2)27(3,4)33-28(32-26)22-17-11-16-21(18-22)25-30-23(19-12-7-5-8-13-19)29-24(31-25)20-14-9-6-10-15-20;25-22-12-7-13-23(26)24(22)27-21-15-19(17-8-3-1-4-9-17)14-20(16-21)18-10-5-2-6-11-18;25-21-13-7-12-19-23-20(17-10-5-2-6-11-17)14-18(15-22(23)26-24(19)21)16-8-3-1-4-9-16;22-18-13-7-12-17(14-18)21-24-19(15-8-3-1-4-9-15)23-20(25-21)16-10-5-2-6-11-16;19-18-12-16(14-7-3-1-4-8-14)11-17(13-18)15-9-5-2-6-10-15;7-4-1-5(8)3-6(9)2-4;7-4-2-1-3-5(8)6(4)9;1-2/h5-18H,1-4H3;1-16H;1-15H;1-14H;1-13,19H;1-3,9H;1-3H;1H3/i;;;;;;;1D. The zero-order valence-corrected chi connectivity index (χ0v) is 91.5. The molecule has 1 saturated heterocycles. The first kappa shape index (κ1) is 107. The topological polar surface area (TPSA) is 159 Å². The molecule has 4 heterocycles. The number of phenols is 2. The van der Waals surface area contributed by atoms with Crippen molar-refractivity contribution < 1.29 is 38.8 Å². The van der Waals surface area contributed by atoms with E-state index in [1.165, 1.54) is 6.07 Å². The minimum absolute atomic E-state index is 0.143. The molecule has 0 radical (unpaired) electrons. The van der Waals surface area contributed by atoms with Crippen molar-refractivity contribution in [3.8, 4) is 158 Å². The van der Waals surface area contributed by atoms with Crippen LogP contribution >= 0.6 is 114 Å². The second kappa shape index (κ2) is 52.1. The molecule has 19 aromatic carbocycles. The molecule has 12 nitrogen and oxygen atoms in total. The summed E-state index contributed by atoms with van der Waals surface area (Å²) in [5.41, 5.74) is 20.7. The van der Waals surface area contributed by atoms with E-state index in [2.05, 4.69) is 215 Å². The van der Waals surface area contributed by atoms with Crippen molar-refractivity contribution in [1.29, 1.82) is 0 Å². The predicted molar refractivity (Wildman–Crippen MR) is 630 cm³/mol. The lowest BCUT2D eigenvalue weighted by Crippen LogP contribution is -2.41. The SMILES string of the molecule is Brc1cccc(-c2nc(-c3ccccc3)nc(-c3ccccc3)n2)c1.CC1(C)OB(c2cccc(-c3nc(-c4ccccc4)nc(-c4ccccc4)n3)c2)OC1(C)C.Clc1cccc(Br)c1Oc1cc(-c2ccccc2)cc(-c2ccccc2)c1.Clc1cccc2c1oc1cc(-c3ccccc3)cc(-c3ccccc3)c12.Fc1c(Cl)cccc1Br.Oc1cc(-c2ccccc2)cc(-c2ccccc2)c1.Oc1cc(Br)cc(Br)c1.[2H]CF. The summed E-state index contributed by atoms with van der Waals surface area (Å²) in [7, 11) is -1.45. The van der Waals surface area contributed by atoms with Crippen LogP contribution in [0, 0.1) is 5.82 Å². The molecule has 0 unspecified atom stereocenters. The van der Waals surface area contributed by atoms with Gasteiger partial charge in [-0.3, -0.25) is 4.39 Å². The highest BCUT2D eigenvalue weighted by Crippen LogP contribution is 2.45. The quantitative estimate of drug-likeness (QED) is 0.0740. The fraction of sp³-hybridized carbons (Fsp3) is 0.0551. The van der Waals surface area contributed by atoms with E-state index in [-0.39, 0.29) is 10.8 Å². The van der Waals surface area contributed by atoms with Gasteiger partial charge in [-0.2, -0.15) is 0 Å². The minimum Gasteiger partial charge on any atom is -0.508 e. The summed E-state index contributed by atoms with van der Waals surface area (Å²) in [6.45, 7) is 8.23. The molecule has 0 spiro atoms. The number of alkyl halides is 1. The lowest BCUT2D eigenvalue weighted by Gasteiger charge is -2.32. The Hall–Kier alpha value is -14.5. The van der Waals surface area contributed by atoms with Crippen molar-refractivity contribution in [1.82, 2.24) is 29.9 Å². The summed E-state index contributed by atoms with van der Waals surface area (Å²) in [6, 6.07) is 155. The van der Waals surface area contributed by atoms with Gasteiger partial charge in [-0.05, 0) is 241 Å². The molecule has 23 rings (SSSR count). The second-order valence-electron chi connectivity index (χ2n) is 34.9. The molecule has 2 N–H and O–H groups in total. The van der Waals surface area contributed by atoms with Crippen LogP contribution < -0.4 is 10.2 Å². The van der Waals surface area contributed by atoms with Gasteiger partial charge in [0.15, 0.2) is 52.1 Å². The average molecular weight is 2360 g/mol. The van der Waals surface area contributed by atoms with Crippen LogP contribution in [0.1, 0.15) is 29.1 Å². The second-order valence-corrected chi connectivity index (χ2v) is 40.6. The van der Waals surface area contributed by atoms with Gasteiger partial charge >= 0.3 is 7.12 Å². The molecule has 23 heteroatoms. The summed E-state index contributed by atoms with van der Waals surface area (Å²) in [6.07, 6.45) is 0. The Bertz CT molecular complexity index is 7970. The molecule has 0 atom stereocenters. The number of nitrogens with zero attached hydrogens (tertiary/aromatic N) is 6.